The highest BCUT2D eigenvalue weighted by Crippen LogP contribution is 2.36. The molecule has 0 saturated carbocycles. The van der Waals surface area contributed by atoms with Gasteiger partial charge < -0.3 is 19.3 Å². The molecule has 5 rings (SSSR count). The summed E-state index contributed by atoms with van der Waals surface area (Å²) in [6.45, 7) is 7.96. The third-order valence-electron chi connectivity index (χ3n) is 8.46. The number of benzene rings is 3. The van der Waals surface area contributed by atoms with E-state index in [1.807, 2.05) is 98.2 Å². The highest BCUT2D eigenvalue weighted by molar-refractivity contribution is 6.30. The van der Waals surface area contributed by atoms with Crippen LogP contribution in [-0.2, 0) is 30.5 Å². The van der Waals surface area contributed by atoms with Crippen LogP contribution in [0.1, 0.15) is 69.2 Å². The van der Waals surface area contributed by atoms with Gasteiger partial charge in [0.15, 0.2) is 5.75 Å². The molecule has 1 saturated heterocycles. The Morgan fingerprint density at radius 2 is 1.51 bits per heavy atom. The molecule has 2 heterocycles. The lowest BCUT2D eigenvalue weighted by atomic mass is 9.86. The van der Waals surface area contributed by atoms with Gasteiger partial charge >= 0.3 is 12.3 Å². The van der Waals surface area contributed by atoms with E-state index in [0.717, 1.165) is 23.3 Å². The monoisotopic (exact) mass is 694 g/mol. The zero-order valence-corrected chi connectivity index (χ0v) is 28.9. The predicted octanol–water partition coefficient (Wildman–Crippen LogP) is 9.52. The number of hydrogen-bond acceptors (Lipinski definition) is 6. The quantitative estimate of drug-likeness (QED) is 0.165. The number of hydrogen-bond donors (Lipinski definition) is 0. The molecule has 1 amide bonds. The third kappa shape index (κ3) is 9.88. The van der Waals surface area contributed by atoms with Crippen LogP contribution in [0.25, 0.3) is 0 Å². The molecule has 1 aromatic heterocycles. The molecule has 0 spiro atoms. The van der Waals surface area contributed by atoms with Crippen LogP contribution in [0.2, 0.25) is 5.02 Å². The second-order valence-corrected chi connectivity index (χ2v) is 13.8. The van der Waals surface area contributed by atoms with Crippen LogP contribution in [0.3, 0.4) is 0 Å². The number of carbonyl (C=O) groups is 1. The Kier molecular flexibility index (Phi) is 11.4. The molecule has 0 radical (unpaired) electrons. The highest BCUT2D eigenvalue weighted by atomic mass is 35.5. The van der Waals surface area contributed by atoms with Gasteiger partial charge in [0.1, 0.15) is 12.2 Å². The summed E-state index contributed by atoms with van der Waals surface area (Å²) in [5, 5.41) is -0.0107. The van der Waals surface area contributed by atoms with Gasteiger partial charge in [-0.25, -0.2) is 14.8 Å². The second kappa shape index (κ2) is 15.5. The molecular formula is C38H42ClF3N4O3. The van der Waals surface area contributed by atoms with Gasteiger partial charge in [0.25, 0.3) is 0 Å². The molecule has 11 heteroatoms. The largest absolute Gasteiger partial charge is 0.486 e. The van der Waals surface area contributed by atoms with Crippen LogP contribution >= 0.6 is 11.6 Å². The van der Waals surface area contributed by atoms with Crippen molar-refractivity contribution in [3.63, 3.8) is 0 Å². The van der Waals surface area contributed by atoms with Crippen LogP contribution in [-0.4, -0.2) is 44.7 Å². The first-order valence-corrected chi connectivity index (χ1v) is 16.8. The number of alkyl halides is 3. The van der Waals surface area contributed by atoms with Crippen molar-refractivity contribution in [1.29, 1.82) is 0 Å². The molecule has 0 N–H and O–H groups in total. The van der Waals surface area contributed by atoms with E-state index in [9.17, 15) is 18.0 Å². The van der Waals surface area contributed by atoms with E-state index in [0.29, 0.717) is 49.6 Å². The number of carbonyl (C=O) groups excluding carboxylic acids is 1. The zero-order chi connectivity index (χ0) is 35.2. The van der Waals surface area contributed by atoms with Crippen LogP contribution in [0.15, 0.2) is 91.3 Å². The minimum atomic E-state index is -4.56. The maximum absolute atomic E-state index is 13.8. The molecule has 49 heavy (non-hydrogen) atoms. The Morgan fingerprint density at radius 1 is 0.898 bits per heavy atom. The number of halogens is 4. The number of likely N-dealkylation sites (tertiary alicyclic amines) is 1. The number of aromatic nitrogens is 2. The van der Waals surface area contributed by atoms with Crippen LogP contribution in [0.5, 0.6) is 5.75 Å². The molecule has 0 bridgehead atoms. The summed E-state index contributed by atoms with van der Waals surface area (Å²) in [5.41, 5.74) is 0.908. The summed E-state index contributed by atoms with van der Waals surface area (Å²) in [6.07, 6.45) is 0.465. The Labute approximate surface area is 291 Å². The van der Waals surface area contributed by atoms with E-state index in [1.165, 1.54) is 6.07 Å². The SMILES string of the molecule is CCC1CC(N(Cc2cc(Cl)cc(C(F)(F)F)c2)c2ncc(OCc3ccccc3)cn2)CC(Cc2ccccc2)N1C(=O)OC(C)(C)C. The fourth-order valence-corrected chi connectivity index (χ4v) is 6.54. The van der Waals surface area contributed by atoms with Crippen molar-refractivity contribution in [3.8, 4) is 5.75 Å². The molecular weight excluding hydrogens is 653 g/mol. The lowest BCUT2D eigenvalue weighted by molar-refractivity contribution is -0.137. The summed E-state index contributed by atoms with van der Waals surface area (Å²) < 4.78 is 53.3. The smallest absolute Gasteiger partial charge is 0.416 e. The Bertz CT molecular complexity index is 1670. The third-order valence-corrected chi connectivity index (χ3v) is 8.68. The fourth-order valence-electron chi connectivity index (χ4n) is 6.29. The van der Waals surface area contributed by atoms with Gasteiger partial charge in [0, 0.05) is 29.7 Å². The molecule has 3 unspecified atom stereocenters. The molecule has 1 aliphatic rings. The van der Waals surface area contributed by atoms with Crippen molar-refractivity contribution in [1.82, 2.24) is 14.9 Å². The summed E-state index contributed by atoms with van der Waals surface area (Å²) in [7, 11) is 0. The maximum atomic E-state index is 13.8. The molecule has 7 nitrogen and oxygen atoms in total. The van der Waals surface area contributed by atoms with Crippen molar-refractivity contribution >= 4 is 23.6 Å². The van der Waals surface area contributed by atoms with Gasteiger partial charge in [-0.2, -0.15) is 13.2 Å². The first kappa shape index (κ1) is 36.0. The first-order valence-electron chi connectivity index (χ1n) is 16.5. The number of piperidine rings is 1. The first-order chi connectivity index (χ1) is 23.3. The maximum Gasteiger partial charge on any atom is 0.416 e. The average Bonchev–Trinajstić information content (AvgIpc) is 3.05. The number of ether oxygens (including phenoxy) is 2. The summed E-state index contributed by atoms with van der Waals surface area (Å²) in [4.78, 5) is 26.8. The minimum absolute atomic E-state index is 0.0107. The normalized spacial score (nSPS) is 18.2. The molecule has 1 aliphatic heterocycles. The van der Waals surface area contributed by atoms with Crippen molar-refractivity contribution in [3.05, 3.63) is 119 Å². The Hall–Kier alpha value is -4.31. The molecule has 1 fully saturated rings. The average molecular weight is 695 g/mol. The standard InChI is InChI=1S/C38H42ClF3N4O3/c1-5-31-20-32(21-33(18-26-12-8-6-9-13-26)46(31)36(47)49-37(2,3)4)45(24-28-16-29(38(40,41)42)19-30(39)17-28)35-43-22-34(23-44-35)48-25-27-14-10-7-11-15-27/h6-17,19,22-23,31-33H,5,18,20-21,24-25H2,1-4H3. The lowest BCUT2D eigenvalue weighted by Gasteiger charge is -2.48. The van der Waals surface area contributed by atoms with E-state index < -0.39 is 17.3 Å². The van der Waals surface area contributed by atoms with E-state index in [2.05, 4.69) is 9.97 Å². The number of rotatable bonds is 10. The van der Waals surface area contributed by atoms with Gasteiger partial charge in [-0.15, -0.1) is 0 Å². The van der Waals surface area contributed by atoms with E-state index in [4.69, 9.17) is 21.1 Å². The van der Waals surface area contributed by atoms with Gasteiger partial charge in [-0.1, -0.05) is 79.2 Å². The van der Waals surface area contributed by atoms with Crippen LogP contribution in [0.4, 0.5) is 23.9 Å². The molecule has 260 valence electrons. The number of anilines is 1. The number of nitrogens with zero attached hydrogens (tertiary/aromatic N) is 4. The minimum Gasteiger partial charge on any atom is -0.486 e. The van der Waals surface area contributed by atoms with Gasteiger partial charge in [0.2, 0.25) is 5.95 Å². The summed E-state index contributed by atoms with van der Waals surface area (Å²) in [5.74, 6) is 0.799. The lowest BCUT2D eigenvalue weighted by Crippen LogP contribution is -2.58. The number of amides is 1. The van der Waals surface area contributed by atoms with Crippen molar-refractivity contribution in [2.75, 3.05) is 4.90 Å². The van der Waals surface area contributed by atoms with Crippen molar-refractivity contribution in [2.24, 2.45) is 0 Å². The van der Waals surface area contributed by atoms with Gasteiger partial charge in [0.05, 0.1) is 18.0 Å². The fraction of sp³-hybridized carbons (Fsp3) is 0.395. The molecule has 0 aliphatic carbocycles. The van der Waals surface area contributed by atoms with Gasteiger partial charge in [-0.3, -0.25) is 0 Å². The van der Waals surface area contributed by atoms with E-state index >= 15 is 0 Å². The second-order valence-electron chi connectivity index (χ2n) is 13.4. The molecule has 3 atom stereocenters. The van der Waals surface area contributed by atoms with Crippen LogP contribution < -0.4 is 9.64 Å². The Morgan fingerprint density at radius 3 is 2.10 bits per heavy atom. The van der Waals surface area contributed by atoms with Gasteiger partial charge in [-0.05, 0) is 81.3 Å². The summed E-state index contributed by atoms with van der Waals surface area (Å²) >= 11 is 6.22. The topological polar surface area (TPSA) is 67.8 Å². The molecule has 3 aromatic carbocycles. The van der Waals surface area contributed by atoms with E-state index in [1.54, 1.807) is 12.4 Å². The van der Waals surface area contributed by atoms with E-state index in [-0.39, 0.29) is 35.8 Å². The zero-order valence-electron chi connectivity index (χ0n) is 28.2. The van der Waals surface area contributed by atoms with Crippen LogP contribution in [0, 0.1) is 0 Å². The Balaban J connectivity index is 1.50. The highest BCUT2D eigenvalue weighted by Gasteiger charge is 2.42. The molecule has 4 aromatic rings. The predicted molar refractivity (Wildman–Crippen MR) is 185 cm³/mol. The summed E-state index contributed by atoms with van der Waals surface area (Å²) in [6, 6.07) is 22.5. The van der Waals surface area contributed by atoms with Crippen molar-refractivity contribution in [2.45, 2.75) is 96.4 Å². The van der Waals surface area contributed by atoms with Crippen molar-refractivity contribution < 1.29 is 27.4 Å².